The van der Waals surface area contributed by atoms with Crippen LogP contribution in [0.5, 0.6) is 0 Å². The van der Waals surface area contributed by atoms with E-state index in [0.717, 1.165) is 18.6 Å². The van der Waals surface area contributed by atoms with Crippen LogP contribution in [0.25, 0.3) is 0 Å². The standard InChI is InChI=1S/C14H16O3/c1-9(2)13(15)14(16)11-5-3-4-10(8-11)12-6-7-17-12/h3-5,8,12,14,16H,1,6-7H2,2H3. The molecule has 2 unspecified atom stereocenters. The quantitative estimate of drug-likeness (QED) is 0.810. The van der Waals surface area contributed by atoms with Gasteiger partial charge in [-0.1, -0.05) is 30.8 Å². The van der Waals surface area contributed by atoms with Crippen LogP contribution in [0.4, 0.5) is 0 Å². The molecule has 1 saturated heterocycles. The monoisotopic (exact) mass is 232 g/mol. The van der Waals surface area contributed by atoms with Crippen LogP contribution in [-0.2, 0) is 9.53 Å². The fourth-order valence-electron chi connectivity index (χ4n) is 1.81. The van der Waals surface area contributed by atoms with Crippen molar-refractivity contribution >= 4 is 5.78 Å². The summed E-state index contributed by atoms with van der Waals surface area (Å²) in [7, 11) is 0. The van der Waals surface area contributed by atoms with Gasteiger partial charge < -0.3 is 9.84 Å². The molecule has 0 amide bonds. The number of rotatable bonds is 4. The molecule has 1 heterocycles. The molecule has 1 N–H and O–H groups in total. The number of benzene rings is 1. The van der Waals surface area contributed by atoms with Crippen molar-refractivity contribution in [3.8, 4) is 0 Å². The molecule has 1 aliphatic rings. The summed E-state index contributed by atoms with van der Waals surface area (Å²) in [6, 6.07) is 7.36. The number of carbonyl (C=O) groups is 1. The van der Waals surface area contributed by atoms with Crippen molar-refractivity contribution in [2.75, 3.05) is 6.61 Å². The summed E-state index contributed by atoms with van der Waals surface area (Å²) in [4.78, 5) is 11.6. The van der Waals surface area contributed by atoms with Gasteiger partial charge >= 0.3 is 0 Å². The third-order valence-electron chi connectivity index (χ3n) is 2.97. The summed E-state index contributed by atoms with van der Waals surface area (Å²) in [5.41, 5.74) is 1.98. The minimum Gasteiger partial charge on any atom is -0.380 e. The van der Waals surface area contributed by atoms with Gasteiger partial charge in [-0.15, -0.1) is 0 Å². The minimum atomic E-state index is -1.12. The van der Waals surface area contributed by atoms with Gasteiger partial charge in [-0.2, -0.15) is 0 Å². The maximum atomic E-state index is 11.6. The second kappa shape index (κ2) is 4.82. The van der Waals surface area contributed by atoms with Crippen LogP contribution in [0.15, 0.2) is 36.4 Å². The fourth-order valence-corrected chi connectivity index (χ4v) is 1.81. The molecule has 2 rings (SSSR count). The highest BCUT2D eigenvalue weighted by molar-refractivity contribution is 5.98. The Morgan fingerprint density at radius 1 is 1.59 bits per heavy atom. The van der Waals surface area contributed by atoms with Gasteiger partial charge in [-0.05, 0) is 23.6 Å². The second-order valence-electron chi connectivity index (χ2n) is 4.37. The first-order chi connectivity index (χ1) is 8.09. The van der Waals surface area contributed by atoms with E-state index in [0.29, 0.717) is 11.1 Å². The van der Waals surface area contributed by atoms with E-state index in [1.54, 1.807) is 13.0 Å². The van der Waals surface area contributed by atoms with Crippen molar-refractivity contribution in [1.82, 2.24) is 0 Å². The third kappa shape index (κ3) is 2.46. The molecule has 17 heavy (non-hydrogen) atoms. The van der Waals surface area contributed by atoms with E-state index in [1.165, 1.54) is 0 Å². The molecule has 2 atom stereocenters. The number of Topliss-reactive ketones (excluding diaryl/α,β-unsaturated/α-hetero) is 1. The van der Waals surface area contributed by atoms with Gasteiger partial charge in [0.25, 0.3) is 0 Å². The van der Waals surface area contributed by atoms with Crippen molar-refractivity contribution in [2.45, 2.75) is 25.6 Å². The Morgan fingerprint density at radius 3 is 2.82 bits per heavy atom. The zero-order valence-corrected chi connectivity index (χ0v) is 9.85. The molecule has 90 valence electrons. The Morgan fingerprint density at radius 2 is 2.29 bits per heavy atom. The number of aliphatic hydroxyl groups is 1. The normalized spacial score (nSPS) is 20.5. The summed E-state index contributed by atoms with van der Waals surface area (Å²) in [5.74, 6) is -0.336. The van der Waals surface area contributed by atoms with E-state index in [-0.39, 0.29) is 11.9 Å². The number of hydrogen-bond acceptors (Lipinski definition) is 3. The number of hydrogen-bond donors (Lipinski definition) is 1. The molecule has 1 aromatic carbocycles. The van der Waals surface area contributed by atoms with Gasteiger partial charge in [-0.25, -0.2) is 0 Å². The summed E-state index contributed by atoms with van der Waals surface area (Å²) < 4.78 is 5.38. The maximum absolute atomic E-state index is 11.6. The Balaban J connectivity index is 2.20. The van der Waals surface area contributed by atoms with Crippen LogP contribution >= 0.6 is 0 Å². The molecule has 0 radical (unpaired) electrons. The zero-order valence-electron chi connectivity index (χ0n) is 9.85. The Bertz CT molecular complexity index is 447. The van der Waals surface area contributed by atoms with Crippen LogP contribution in [0.2, 0.25) is 0 Å². The summed E-state index contributed by atoms with van der Waals surface area (Å²) in [6.45, 7) is 5.93. The molecule has 0 bridgehead atoms. The van der Waals surface area contributed by atoms with E-state index >= 15 is 0 Å². The first kappa shape index (κ1) is 12.0. The van der Waals surface area contributed by atoms with E-state index in [1.807, 2.05) is 18.2 Å². The lowest BCUT2D eigenvalue weighted by molar-refractivity contribution is -0.123. The van der Waals surface area contributed by atoms with Gasteiger partial charge in [-0.3, -0.25) is 4.79 Å². The fraction of sp³-hybridized carbons (Fsp3) is 0.357. The number of ether oxygens (including phenoxy) is 1. The highest BCUT2D eigenvalue weighted by Crippen LogP contribution is 2.30. The summed E-state index contributed by atoms with van der Waals surface area (Å²) in [6.07, 6.45) is -0.0110. The number of ketones is 1. The zero-order chi connectivity index (χ0) is 12.4. The van der Waals surface area contributed by atoms with Gasteiger partial charge in [0.15, 0.2) is 5.78 Å². The molecule has 3 nitrogen and oxygen atoms in total. The van der Waals surface area contributed by atoms with Gasteiger partial charge in [0.2, 0.25) is 0 Å². The first-order valence-electron chi connectivity index (χ1n) is 5.69. The topological polar surface area (TPSA) is 46.5 Å². The average molecular weight is 232 g/mol. The van der Waals surface area contributed by atoms with Crippen molar-refractivity contribution in [2.24, 2.45) is 0 Å². The van der Waals surface area contributed by atoms with Gasteiger partial charge in [0, 0.05) is 6.42 Å². The van der Waals surface area contributed by atoms with Gasteiger partial charge in [0.05, 0.1) is 12.7 Å². The predicted molar refractivity (Wildman–Crippen MR) is 64.5 cm³/mol. The Hall–Kier alpha value is -1.45. The highest BCUT2D eigenvalue weighted by atomic mass is 16.5. The van der Waals surface area contributed by atoms with Crippen molar-refractivity contribution in [3.63, 3.8) is 0 Å². The second-order valence-corrected chi connectivity index (χ2v) is 4.37. The highest BCUT2D eigenvalue weighted by Gasteiger charge is 2.23. The van der Waals surface area contributed by atoms with E-state index in [2.05, 4.69) is 6.58 Å². The molecular formula is C14H16O3. The van der Waals surface area contributed by atoms with E-state index < -0.39 is 6.10 Å². The third-order valence-corrected chi connectivity index (χ3v) is 2.97. The smallest absolute Gasteiger partial charge is 0.190 e. The molecule has 1 aliphatic heterocycles. The molecule has 1 aromatic rings. The average Bonchev–Trinajstić information content (AvgIpc) is 2.25. The minimum absolute atomic E-state index is 0.113. The van der Waals surface area contributed by atoms with Crippen LogP contribution < -0.4 is 0 Å². The summed E-state index contributed by atoms with van der Waals surface area (Å²) >= 11 is 0. The number of aliphatic hydroxyl groups excluding tert-OH is 1. The molecule has 0 aliphatic carbocycles. The Labute approximate surface area is 101 Å². The SMILES string of the molecule is C=C(C)C(=O)C(O)c1cccc(C2CCO2)c1. The first-order valence-corrected chi connectivity index (χ1v) is 5.69. The lowest BCUT2D eigenvalue weighted by atomic mass is 9.96. The van der Waals surface area contributed by atoms with Crippen molar-refractivity contribution in [1.29, 1.82) is 0 Å². The van der Waals surface area contributed by atoms with Gasteiger partial charge in [0.1, 0.15) is 6.10 Å². The molecular weight excluding hydrogens is 216 g/mol. The van der Waals surface area contributed by atoms with E-state index in [9.17, 15) is 9.90 Å². The molecule has 3 heteroatoms. The van der Waals surface area contributed by atoms with E-state index in [4.69, 9.17) is 4.74 Å². The van der Waals surface area contributed by atoms with Crippen molar-refractivity contribution < 1.29 is 14.6 Å². The molecule has 0 saturated carbocycles. The van der Waals surface area contributed by atoms with Crippen LogP contribution in [0, 0.1) is 0 Å². The number of carbonyl (C=O) groups excluding carboxylic acids is 1. The lowest BCUT2D eigenvalue weighted by Gasteiger charge is -2.27. The Kier molecular flexibility index (Phi) is 3.41. The molecule has 1 fully saturated rings. The largest absolute Gasteiger partial charge is 0.380 e. The molecule has 0 spiro atoms. The van der Waals surface area contributed by atoms with Crippen LogP contribution in [0.1, 0.15) is 36.7 Å². The van der Waals surface area contributed by atoms with Crippen LogP contribution in [-0.4, -0.2) is 17.5 Å². The van der Waals surface area contributed by atoms with Crippen molar-refractivity contribution in [3.05, 3.63) is 47.5 Å². The molecule has 0 aromatic heterocycles. The predicted octanol–water partition coefficient (Wildman–Crippen LogP) is 2.33. The maximum Gasteiger partial charge on any atom is 0.190 e. The lowest BCUT2D eigenvalue weighted by Crippen LogP contribution is -2.19. The summed E-state index contributed by atoms with van der Waals surface area (Å²) in [5, 5.41) is 9.91. The van der Waals surface area contributed by atoms with Crippen LogP contribution in [0.3, 0.4) is 0 Å².